The van der Waals surface area contributed by atoms with Gasteiger partial charge in [0.1, 0.15) is 0 Å². The minimum Gasteiger partial charge on any atom is -0.493 e. The van der Waals surface area contributed by atoms with Gasteiger partial charge in [-0.1, -0.05) is 117 Å². The number of allylic oxidation sites excluding steroid dienone is 2. The second kappa shape index (κ2) is 15.3. The molecule has 0 aliphatic carbocycles. The van der Waals surface area contributed by atoms with E-state index in [0.29, 0.717) is 0 Å². The van der Waals surface area contributed by atoms with Crippen LogP contribution in [0.4, 0.5) is 0 Å². The highest BCUT2D eigenvalue weighted by Gasteiger charge is 2.36. The monoisotopic (exact) mass is 688 g/mol. The Morgan fingerprint density at radius 3 is 0.935 bits per heavy atom. The topological polar surface area (TPSA) is 25.3 Å². The van der Waals surface area contributed by atoms with Crippen LogP contribution in [-0.4, -0.2) is 37.0 Å². The van der Waals surface area contributed by atoms with Crippen LogP contribution in [0.25, 0.3) is 16.9 Å². The average molecular weight is 689 g/mol. The fourth-order valence-electron chi connectivity index (χ4n) is 7.15. The van der Waals surface area contributed by atoms with Crippen molar-refractivity contribution in [1.82, 2.24) is 0 Å². The maximum Gasteiger partial charge on any atom is 0.211 e. The molecule has 1 aliphatic heterocycles. The van der Waals surface area contributed by atoms with Gasteiger partial charge in [0, 0.05) is 54.6 Å². The second-order valence-corrected chi connectivity index (χ2v) is 41.1. The maximum absolute atomic E-state index is 12.5. The van der Waals surface area contributed by atoms with Gasteiger partial charge in [-0.05, 0) is 96.4 Å². The van der Waals surface area contributed by atoms with Crippen LogP contribution < -0.4 is 0 Å². The molecule has 3 rings (SSSR count). The van der Waals surface area contributed by atoms with Crippen molar-refractivity contribution in [2.45, 2.75) is 155 Å². The lowest BCUT2D eigenvalue weighted by molar-refractivity contribution is -0.345. The third kappa shape index (κ3) is 11.8. The van der Waals surface area contributed by atoms with E-state index in [0.717, 1.165) is 49.9 Å². The number of unbranched alkanes of at least 4 members (excludes halogenated alkanes) is 2. The van der Waals surface area contributed by atoms with Crippen molar-refractivity contribution in [3.8, 4) is 0 Å². The smallest absolute Gasteiger partial charge is 0.211 e. The van der Waals surface area contributed by atoms with Crippen molar-refractivity contribution >= 4 is 43.7 Å². The first-order valence-electron chi connectivity index (χ1n) is 18.3. The molecule has 46 heavy (non-hydrogen) atoms. The summed E-state index contributed by atoms with van der Waals surface area (Å²) in [6.45, 7) is 34.3. The van der Waals surface area contributed by atoms with Crippen LogP contribution in [0.3, 0.4) is 0 Å². The van der Waals surface area contributed by atoms with Crippen molar-refractivity contribution in [2.24, 2.45) is 0 Å². The van der Waals surface area contributed by atoms with E-state index in [1.165, 1.54) is 68.7 Å². The predicted octanol–water partition coefficient (Wildman–Crippen LogP) is 12.9. The molecule has 0 amide bonds. The Morgan fingerprint density at radius 2 is 0.717 bits per heavy atom. The third-order valence-electron chi connectivity index (χ3n) is 8.51. The van der Waals surface area contributed by atoms with Crippen LogP contribution in [0, 0.1) is 0 Å². The molecule has 6 heteroatoms. The molecule has 1 heterocycles. The Hall–Kier alpha value is -1.61. The van der Waals surface area contributed by atoms with Crippen LogP contribution in [0.15, 0.2) is 47.5 Å². The van der Waals surface area contributed by atoms with Crippen LogP contribution >= 0.6 is 0 Å². The predicted molar refractivity (Wildman–Crippen MR) is 218 cm³/mol. The molecule has 0 aromatic heterocycles. The molecule has 2 aromatic carbocycles. The first-order chi connectivity index (χ1) is 21.1. The zero-order valence-corrected chi connectivity index (χ0v) is 36.4. The van der Waals surface area contributed by atoms with Gasteiger partial charge >= 0.3 is 0 Å². The summed E-state index contributed by atoms with van der Waals surface area (Å²) in [5.41, 5.74) is 25.7. The van der Waals surface area contributed by atoms with Crippen LogP contribution in [0.5, 0.6) is 0 Å². The first-order valence-corrected chi connectivity index (χ1v) is 33.1. The second-order valence-electron chi connectivity index (χ2n) is 19.2. The molecule has 0 spiro atoms. The number of nitrogens with zero attached hydrogens (tertiary/aromatic N) is 2. The molecule has 0 radical (unpaired) electrons. The molecule has 1 aliphatic rings. The van der Waals surface area contributed by atoms with Gasteiger partial charge in [0.25, 0.3) is 0 Å². The van der Waals surface area contributed by atoms with Gasteiger partial charge in [0.15, 0.2) is 0 Å². The van der Waals surface area contributed by atoms with Crippen LogP contribution in [0.2, 0.25) is 78.6 Å². The molecule has 0 unspecified atom stereocenters. The zero-order chi connectivity index (χ0) is 34.7. The lowest BCUT2D eigenvalue weighted by Gasteiger charge is -2.21. The summed E-state index contributed by atoms with van der Waals surface area (Å²) in [5.74, 6) is 0. The summed E-state index contributed by atoms with van der Waals surface area (Å²) in [6.07, 6.45) is 6.63. The van der Waals surface area contributed by atoms with Crippen molar-refractivity contribution in [3.05, 3.63) is 86.5 Å². The Balaban J connectivity index is 2.33. The standard InChI is InChI=1S/C40H68N2Si4/c1-15-17-19-37-38(20-18-16-2)40(36-25-33(29-45(9,10)11)22-34(26-36)30-46(12,13)14)42(41)39(37)35-23-31(27-43(3,4)5)21-32(24-35)28-44(6,7)8/h21-26H,15-20,27-30H2,1-14H3. The Labute approximate surface area is 288 Å². The van der Waals surface area contributed by atoms with Gasteiger partial charge in [-0.3, -0.25) is 0 Å². The van der Waals surface area contributed by atoms with Crippen molar-refractivity contribution in [3.63, 3.8) is 0 Å². The lowest BCUT2D eigenvalue weighted by Crippen LogP contribution is -2.26. The summed E-state index contributed by atoms with van der Waals surface area (Å²) in [5, 5.41) is 0. The highest BCUT2D eigenvalue weighted by Crippen LogP contribution is 2.45. The van der Waals surface area contributed by atoms with E-state index in [-0.39, 0.29) is 0 Å². The molecule has 2 aromatic rings. The van der Waals surface area contributed by atoms with E-state index in [2.05, 4.69) is 129 Å². The Bertz CT molecular complexity index is 1280. The van der Waals surface area contributed by atoms with E-state index >= 15 is 0 Å². The summed E-state index contributed by atoms with van der Waals surface area (Å²) in [4.78, 5) is 0. The summed E-state index contributed by atoms with van der Waals surface area (Å²) in [6, 6.07) is 19.4. The molecule has 2 nitrogen and oxygen atoms in total. The van der Waals surface area contributed by atoms with Gasteiger partial charge in [-0.15, -0.1) is 0 Å². The Morgan fingerprint density at radius 1 is 0.457 bits per heavy atom. The minimum absolute atomic E-state index is 1.02. The molecule has 0 saturated carbocycles. The highest BCUT2D eigenvalue weighted by molar-refractivity contribution is 6.76. The fraction of sp³-hybridized carbons (Fsp3) is 0.600. The van der Waals surface area contributed by atoms with Crippen LogP contribution in [-0.2, 0) is 24.2 Å². The van der Waals surface area contributed by atoms with Crippen molar-refractivity contribution < 1.29 is 4.70 Å². The molecule has 254 valence electrons. The molecule has 0 N–H and O–H groups in total. The van der Waals surface area contributed by atoms with Gasteiger partial charge in [0.05, 0.1) is 0 Å². The van der Waals surface area contributed by atoms with E-state index < -0.39 is 32.3 Å². The molecule has 0 bridgehead atoms. The van der Waals surface area contributed by atoms with Crippen LogP contribution in [0.1, 0.15) is 85.8 Å². The SMILES string of the molecule is CCCCC1=C(c2cc(C[Si](C)(C)C)cc(C[Si](C)(C)C)c2)[N+](=[N-])C(c2cc(C[Si](C)(C)C)cc(C[Si](C)(C)C)c2)=C1CCCC. The largest absolute Gasteiger partial charge is 0.493 e. The normalized spacial score (nSPS) is 15.0. The van der Waals surface area contributed by atoms with E-state index in [4.69, 9.17) is 0 Å². The summed E-state index contributed by atoms with van der Waals surface area (Å²) in [7, 11) is -5.32. The van der Waals surface area contributed by atoms with E-state index in [1.807, 2.05) is 0 Å². The molecular formula is C40H68N2Si4. The molecule has 0 atom stereocenters. The number of hydrogen-bond donors (Lipinski definition) is 0. The summed E-state index contributed by atoms with van der Waals surface area (Å²) < 4.78 is 1.66. The zero-order valence-electron chi connectivity index (χ0n) is 32.4. The maximum atomic E-state index is 12.5. The number of benzene rings is 2. The van der Waals surface area contributed by atoms with Gasteiger partial charge in [-0.2, -0.15) is 0 Å². The molecule has 0 saturated heterocycles. The average Bonchev–Trinajstić information content (AvgIpc) is 3.12. The molecular weight excluding hydrogens is 621 g/mol. The first kappa shape index (κ1) is 38.8. The highest BCUT2D eigenvalue weighted by atomic mass is 28.3. The fourth-order valence-corrected chi connectivity index (χ4v) is 12.9. The van der Waals surface area contributed by atoms with E-state index in [1.54, 1.807) is 4.70 Å². The number of rotatable bonds is 16. The van der Waals surface area contributed by atoms with E-state index in [9.17, 15) is 5.53 Å². The number of hydrogen-bond acceptors (Lipinski definition) is 0. The minimum atomic E-state index is -1.33. The van der Waals surface area contributed by atoms with Gasteiger partial charge < -0.3 is 5.53 Å². The Kier molecular flexibility index (Phi) is 12.9. The quantitative estimate of drug-likeness (QED) is 0.124. The summed E-state index contributed by atoms with van der Waals surface area (Å²) >= 11 is 0. The molecule has 0 fully saturated rings. The van der Waals surface area contributed by atoms with Crippen molar-refractivity contribution in [2.75, 3.05) is 0 Å². The lowest BCUT2D eigenvalue weighted by atomic mass is 9.91. The van der Waals surface area contributed by atoms with Gasteiger partial charge in [0.2, 0.25) is 11.4 Å². The third-order valence-corrected chi connectivity index (χ3v) is 14.4. The van der Waals surface area contributed by atoms with Gasteiger partial charge in [-0.25, -0.2) is 4.70 Å². The van der Waals surface area contributed by atoms with Crippen molar-refractivity contribution in [1.29, 1.82) is 0 Å².